The zero-order valence-electron chi connectivity index (χ0n) is 13.3. The van der Waals surface area contributed by atoms with Crippen molar-refractivity contribution in [1.82, 2.24) is 4.90 Å². The third-order valence-corrected chi connectivity index (χ3v) is 4.21. The van der Waals surface area contributed by atoms with E-state index in [0.717, 1.165) is 5.69 Å². The Balaban J connectivity index is 0.00000225. The number of nitrogens with one attached hydrogen (secondary N) is 1. The summed E-state index contributed by atoms with van der Waals surface area (Å²) in [5.74, 6) is -0.463. The van der Waals surface area contributed by atoms with E-state index in [-0.39, 0.29) is 29.8 Å². The largest absolute Gasteiger partial charge is 1.00 e. The van der Waals surface area contributed by atoms with Crippen LogP contribution in [0.25, 0.3) is 0 Å². The van der Waals surface area contributed by atoms with Gasteiger partial charge in [0.05, 0.1) is 31.1 Å². The number of carbonyl (C=O) groups is 1. The molecule has 0 spiro atoms. The first-order chi connectivity index (χ1) is 11.5. The van der Waals surface area contributed by atoms with Crippen molar-refractivity contribution in [3.8, 4) is 0 Å². The number of hydrogen-bond acceptors (Lipinski definition) is 3. The highest BCUT2D eigenvalue weighted by Crippen LogP contribution is 2.15. The maximum absolute atomic E-state index is 13.0. The molecule has 1 N–H and O–H groups in total. The monoisotopic (exact) mass is 365 g/mol. The fourth-order valence-corrected chi connectivity index (χ4v) is 2.89. The molecule has 3 rings (SSSR count). The van der Waals surface area contributed by atoms with Crippen LogP contribution in [0.2, 0.25) is 0 Å². The minimum atomic E-state index is -0.507. The lowest BCUT2D eigenvalue weighted by Crippen LogP contribution is -3.10. The SMILES string of the molecule is O=C(c1cccc([N+](=O)[O-])c1)N1CC[NH+](c2ccc(F)cc2)CC1.[Cl-]. The molecule has 2 aromatic carbocycles. The van der Waals surface area contributed by atoms with E-state index in [1.54, 1.807) is 23.1 Å². The van der Waals surface area contributed by atoms with Gasteiger partial charge in [-0.15, -0.1) is 0 Å². The highest BCUT2D eigenvalue weighted by Gasteiger charge is 2.26. The maximum Gasteiger partial charge on any atom is 0.270 e. The lowest BCUT2D eigenvalue weighted by molar-refractivity contribution is -0.837. The molecule has 8 heteroatoms. The van der Waals surface area contributed by atoms with Gasteiger partial charge >= 0.3 is 0 Å². The lowest BCUT2D eigenvalue weighted by atomic mass is 10.1. The van der Waals surface area contributed by atoms with E-state index >= 15 is 0 Å². The van der Waals surface area contributed by atoms with E-state index in [1.165, 1.54) is 35.2 Å². The van der Waals surface area contributed by atoms with Gasteiger partial charge in [-0.25, -0.2) is 4.39 Å². The molecule has 0 saturated carbocycles. The van der Waals surface area contributed by atoms with Gasteiger partial charge in [0.2, 0.25) is 0 Å². The van der Waals surface area contributed by atoms with Crippen LogP contribution >= 0.6 is 0 Å². The Labute approximate surface area is 150 Å². The van der Waals surface area contributed by atoms with Crippen molar-refractivity contribution in [3.63, 3.8) is 0 Å². The summed E-state index contributed by atoms with van der Waals surface area (Å²) in [7, 11) is 0. The van der Waals surface area contributed by atoms with Gasteiger partial charge in [0, 0.05) is 29.8 Å². The van der Waals surface area contributed by atoms with E-state index in [1.807, 2.05) is 0 Å². The summed E-state index contributed by atoms with van der Waals surface area (Å²) < 4.78 is 13.0. The minimum absolute atomic E-state index is 0. The highest BCUT2D eigenvalue weighted by molar-refractivity contribution is 5.94. The zero-order chi connectivity index (χ0) is 17.1. The Hall–Kier alpha value is -2.51. The van der Waals surface area contributed by atoms with Crippen LogP contribution in [0.1, 0.15) is 10.4 Å². The standard InChI is InChI=1S/C17H16FN3O3.ClH/c18-14-4-6-15(7-5-14)19-8-10-20(11-9-19)17(22)13-2-1-3-16(12-13)21(23)24;/h1-7,12H,8-11H2;1H. The molecule has 1 aliphatic rings. The van der Waals surface area contributed by atoms with Crippen LogP contribution in [0.4, 0.5) is 15.8 Å². The van der Waals surface area contributed by atoms with Gasteiger partial charge in [0.25, 0.3) is 11.6 Å². The van der Waals surface area contributed by atoms with Gasteiger partial charge in [-0.05, 0) is 18.2 Å². The van der Waals surface area contributed by atoms with E-state index in [4.69, 9.17) is 0 Å². The second-order valence-electron chi connectivity index (χ2n) is 5.71. The number of halogens is 2. The Morgan fingerprint density at radius 1 is 1.12 bits per heavy atom. The molecule has 1 heterocycles. The summed E-state index contributed by atoms with van der Waals surface area (Å²) in [4.78, 5) is 25.7. The molecule has 0 aromatic heterocycles. The Kier molecular flexibility index (Phi) is 6.06. The van der Waals surface area contributed by atoms with Crippen LogP contribution in [0, 0.1) is 15.9 Å². The van der Waals surface area contributed by atoms with Crippen LogP contribution in [0.3, 0.4) is 0 Å². The summed E-state index contributed by atoms with van der Waals surface area (Å²) >= 11 is 0. The zero-order valence-corrected chi connectivity index (χ0v) is 14.1. The predicted octanol–water partition coefficient (Wildman–Crippen LogP) is -1.59. The average Bonchev–Trinajstić information content (AvgIpc) is 2.62. The second-order valence-corrected chi connectivity index (χ2v) is 5.71. The molecule has 1 fully saturated rings. The normalized spacial score (nSPS) is 14.7. The number of nitrogens with zero attached hydrogens (tertiary/aromatic N) is 2. The molecule has 0 unspecified atom stereocenters. The molecule has 0 radical (unpaired) electrons. The molecule has 1 saturated heterocycles. The molecule has 6 nitrogen and oxygen atoms in total. The van der Waals surface area contributed by atoms with Gasteiger partial charge < -0.3 is 17.3 Å². The Bertz CT molecular complexity index is 762. The van der Waals surface area contributed by atoms with Crippen LogP contribution in [-0.2, 0) is 0 Å². The number of quaternary nitrogens is 1. The van der Waals surface area contributed by atoms with E-state index in [9.17, 15) is 19.3 Å². The summed E-state index contributed by atoms with van der Waals surface area (Å²) in [6.07, 6.45) is 0. The van der Waals surface area contributed by atoms with Gasteiger partial charge in [-0.2, -0.15) is 0 Å². The van der Waals surface area contributed by atoms with Crippen LogP contribution in [0.15, 0.2) is 48.5 Å². The molecule has 1 aliphatic heterocycles. The number of nitro benzene ring substituents is 1. The molecule has 0 atom stereocenters. The summed E-state index contributed by atoms with van der Waals surface area (Å²) in [6, 6.07) is 12.2. The smallest absolute Gasteiger partial charge is 0.270 e. The summed E-state index contributed by atoms with van der Waals surface area (Å²) in [5.41, 5.74) is 1.24. The maximum atomic E-state index is 13.0. The topological polar surface area (TPSA) is 67.9 Å². The number of nitro groups is 1. The van der Waals surface area contributed by atoms with Crippen molar-refractivity contribution in [2.24, 2.45) is 0 Å². The van der Waals surface area contributed by atoms with E-state index in [2.05, 4.69) is 0 Å². The number of amides is 1. The molecular weight excluding hydrogens is 349 g/mol. The lowest BCUT2D eigenvalue weighted by Gasteiger charge is -2.32. The number of hydrogen-bond donors (Lipinski definition) is 1. The van der Waals surface area contributed by atoms with Crippen molar-refractivity contribution in [2.75, 3.05) is 26.2 Å². The third kappa shape index (κ3) is 4.32. The van der Waals surface area contributed by atoms with Crippen molar-refractivity contribution in [3.05, 3.63) is 70.0 Å². The molecule has 132 valence electrons. The molecule has 25 heavy (non-hydrogen) atoms. The molecule has 2 aromatic rings. The number of non-ortho nitro benzene ring substituents is 1. The summed E-state index contributed by atoms with van der Waals surface area (Å²) in [6.45, 7) is 2.53. The van der Waals surface area contributed by atoms with Crippen LogP contribution < -0.4 is 17.3 Å². The van der Waals surface area contributed by atoms with E-state index in [0.29, 0.717) is 31.7 Å². The van der Waals surface area contributed by atoms with Gasteiger partial charge in [0.1, 0.15) is 11.5 Å². The van der Waals surface area contributed by atoms with Crippen LogP contribution in [-0.4, -0.2) is 41.9 Å². The quantitative estimate of drug-likeness (QED) is 0.527. The van der Waals surface area contributed by atoms with Gasteiger partial charge in [0.15, 0.2) is 0 Å². The van der Waals surface area contributed by atoms with Crippen molar-refractivity contribution >= 4 is 17.3 Å². The van der Waals surface area contributed by atoms with Crippen molar-refractivity contribution in [2.45, 2.75) is 0 Å². The fourth-order valence-electron chi connectivity index (χ4n) is 2.89. The van der Waals surface area contributed by atoms with Gasteiger partial charge in [-0.3, -0.25) is 19.8 Å². The molecular formula is C17H17ClFN3O3. The molecule has 1 amide bonds. The Morgan fingerprint density at radius 2 is 1.76 bits per heavy atom. The third-order valence-electron chi connectivity index (χ3n) is 4.21. The molecule has 0 bridgehead atoms. The van der Waals surface area contributed by atoms with Crippen molar-refractivity contribution < 1.29 is 31.4 Å². The molecule has 0 aliphatic carbocycles. The number of benzene rings is 2. The highest BCUT2D eigenvalue weighted by atomic mass is 35.5. The van der Waals surface area contributed by atoms with Gasteiger partial charge in [-0.1, -0.05) is 6.07 Å². The minimum Gasteiger partial charge on any atom is -1.00 e. The predicted molar refractivity (Wildman–Crippen MR) is 85.8 cm³/mol. The first-order valence-corrected chi connectivity index (χ1v) is 7.69. The number of piperazine rings is 1. The van der Waals surface area contributed by atoms with Crippen molar-refractivity contribution in [1.29, 1.82) is 0 Å². The number of rotatable bonds is 3. The average molecular weight is 366 g/mol. The first kappa shape index (κ1) is 18.8. The second kappa shape index (κ2) is 8.04. The first-order valence-electron chi connectivity index (χ1n) is 7.69. The Morgan fingerprint density at radius 3 is 2.36 bits per heavy atom. The summed E-state index contributed by atoms with van der Waals surface area (Å²) in [5, 5.41) is 10.8. The van der Waals surface area contributed by atoms with E-state index < -0.39 is 4.92 Å². The van der Waals surface area contributed by atoms with Crippen LogP contribution in [0.5, 0.6) is 0 Å². The number of carbonyl (C=O) groups excluding carboxylic acids is 1. The fraction of sp³-hybridized carbons (Fsp3) is 0.235.